The smallest absolute Gasteiger partial charge is 0.128 e. The quantitative estimate of drug-likeness (QED) is 0.629. The number of rotatable bonds is 6. The topological polar surface area (TPSA) is 12.4 Å². The molecule has 0 radical (unpaired) electrons. The Bertz CT molecular complexity index is 199. The molecule has 0 spiro atoms. The summed E-state index contributed by atoms with van der Waals surface area (Å²) in [5, 5.41) is 2.20. The second-order valence-corrected chi connectivity index (χ2v) is 5.57. The van der Waals surface area contributed by atoms with Crippen LogP contribution in [0.1, 0.15) is 39.0 Å². The van der Waals surface area contributed by atoms with Gasteiger partial charge >= 0.3 is 0 Å². The molecule has 1 aliphatic rings. The summed E-state index contributed by atoms with van der Waals surface area (Å²) in [6, 6.07) is 0. The Labute approximate surface area is 95.8 Å². The van der Waals surface area contributed by atoms with E-state index in [1.54, 1.807) is 11.8 Å². The molecular formula is C11H19NS2. The van der Waals surface area contributed by atoms with Crippen LogP contribution in [0.3, 0.4) is 0 Å². The van der Waals surface area contributed by atoms with Crippen LogP contribution in [0, 0.1) is 0 Å². The molecular weight excluding hydrogens is 210 g/mol. The van der Waals surface area contributed by atoms with Crippen molar-refractivity contribution >= 4 is 27.9 Å². The van der Waals surface area contributed by atoms with Gasteiger partial charge in [0.1, 0.15) is 4.38 Å². The summed E-state index contributed by atoms with van der Waals surface area (Å²) in [5.74, 6) is 1.17. The number of nitrogens with zero attached hydrogens (tertiary/aromatic N) is 1. The number of hydrogen-bond donors (Lipinski definition) is 0. The van der Waals surface area contributed by atoms with Gasteiger partial charge in [-0.2, -0.15) is 0 Å². The Morgan fingerprint density at radius 1 is 1.43 bits per heavy atom. The third-order valence-electron chi connectivity index (χ3n) is 2.05. The van der Waals surface area contributed by atoms with E-state index in [0.29, 0.717) is 0 Å². The van der Waals surface area contributed by atoms with Gasteiger partial charge in [-0.25, -0.2) is 0 Å². The van der Waals surface area contributed by atoms with E-state index >= 15 is 0 Å². The van der Waals surface area contributed by atoms with Crippen molar-refractivity contribution in [1.29, 1.82) is 0 Å². The van der Waals surface area contributed by atoms with Gasteiger partial charge in [0.2, 0.25) is 0 Å². The molecule has 14 heavy (non-hydrogen) atoms. The molecule has 80 valence electrons. The van der Waals surface area contributed by atoms with Gasteiger partial charge in [-0.1, -0.05) is 55.8 Å². The van der Waals surface area contributed by atoms with Gasteiger partial charge in [-0.3, -0.25) is 4.99 Å². The molecule has 0 aromatic rings. The molecule has 0 aliphatic carbocycles. The summed E-state index contributed by atoms with van der Waals surface area (Å²) in [6.45, 7) is 3.26. The predicted molar refractivity (Wildman–Crippen MR) is 70.3 cm³/mol. The molecule has 1 heterocycles. The second kappa shape index (κ2) is 8.42. The standard InChI is InChI=1S/C11H19NS2/c1-2-3-4-5-6-7-9-13-11-12-8-10-14-11/h7,9H,2-6,8,10H2,1H3/b9-7+. The number of hydrogen-bond acceptors (Lipinski definition) is 3. The summed E-state index contributed by atoms with van der Waals surface area (Å²) < 4.78 is 1.25. The minimum Gasteiger partial charge on any atom is -0.271 e. The maximum absolute atomic E-state index is 4.37. The lowest BCUT2D eigenvalue weighted by Crippen LogP contribution is -1.75. The highest BCUT2D eigenvalue weighted by Crippen LogP contribution is 2.22. The van der Waals surface area contributed by atoms with Gasteiger partial charge in [0, 0.05) is 5.75 Å². The fourth-order valence-corrected chi connectivity index (χ4v) is 2.99. The Morgan fingerprint density at radius 2 is 2.36 bits per heavy atom. The molecule has 0 N–H and O–H groups in total. The van der Waals surface area contributed by atoms with Crippen molar-refractivity contribution in [2.45, 2.75) is 39.0 Å². The Kier molecular flexibility index (Phi) is 7.33. The molecule has 0 fully saturated rings. The van der Waals surface area contributed by atoms with Crippen LogP contribution in [0.5, 0.6) is 0 Å². The normalized spacial score (nSPS) is 16.5. The Morgan fingerprint density at radius 3 is 3.07 bits per heavy atom. The van der Waals surface area contributed by atoms with Crippen LogP contribution < -0.4 is 0 Å². The van der Waals surface area contributed by atoms with Gasteiger partial charge in [-0.15, -0.1) is 0 Å². The zero-order chi connectivity index (χ0) is 10.1. The van der Waals surface area contributed by atoms with Crippen molar-refractivity contribution in [2.75, 3.05) is 12.3 Å². The fourth-order valence-electron chi connectivity index (χ4n) is 1.25. The first-order valence-corrected chi connectivity index (χ1v) is 7.29. The van der Waals surface area contributed by atoms with Gasteiger partial charge in [0.15, 0.2) is 0 Å². The van der Waals surface area contributed by atoms with E-state index < -0.39 is 0 Å². The SMILES string of the molecule is CCCCCC/C=C/SC1=NCCS1. The van der Waals surface area contributed by atoms with Crippen LogP contribution in [0.15, 0.2) is 16.5 Å². The van der Waals surface area contributed by atoms with Crippen LogP contribution in [-0.2, 0) is 0 Å². The Hall–Kier alpha value is 0.110. The monoisotopic (exact) mass is 229 g/mol. The minimum atomic E-state index is 1.01. The van der Waals surface area contributed by atoms with E-state index in [0.717, 1.165) is 6.54 Å². The molecule has 1 nitrogen and oxygen atoms in total. The summed E-state index contributed by atoms with van der Waals surface area (Å²) in [6.07, 6.45) is 8.92. The van der Waals surface area contributed by atoms with E-state index in [2.05, 4.69) is 23.4 Å². The molecule has 1 rings (SSSR count). The molecule has 0 bridgehead atoms. The van der Waals surface area contributed by atoms with Gasteiger partial charge in [-0.05, 0) is 18.2 Å². The Balaban J connectivity index is 1.92. The summed E-state index contributed by atoms with van der Waals surface area (Å²) >= 11 is 3.66. The molecule has 0 atom stereocenters. The number of unbranched alkanes of at least 4 members (excludes halogenated alkanes) is 4. The average molecular weight is 229 g/mol. The van der Waals surface area contributed by atoms with Crippen LogP contribution in [0.25, 0.3) is 0 Å². The average Bonchev–Trinajstić information content (AvgIpc) is 2.69. The molecule has 0 unspecified atom stereocenters. The van der Waals surface area contributed by atoms with Gasteiger partial charge < -0.3 is 0 Å². The summed E-state index contributed by atoms with van der Waals surface area (Å²) in [5.41, 5.74) is 0. The minimum absolute atomic E-state index is 1.01. The lowest BCUT2D eigenvalue weighted by atomic mass is 10.2. The first kappa shape index (κ1) is 12.2. The summed E-state index contributed by atoms with van der Waals surface area (Å²) in [4.78, 5) is 4.37. The number of aliphatic imine (C=N–C) groups is 1. The van der Waals surface area contributed by atoms with Crippen LogP contribution in [-0.4, -0.2) is 16.7 Å². The zero-order valence-electron chi connectivity index (χ0n) is 8.87. The van der Waals surface area contributed by atoms with Gasteiger partial charge in [0.25, 0.3) is 0 Å². The van der Waals surface area contributed by atoms with Crippen molar-refractivity contribution in [3.8, 4) is 0 Å². The molecule has 0 saturated carbocycles. The van der Waals surface area contributed by atoms with E-state index in [1.165, 1.54) is 42.2 Å². The van der Waals surface area contributed by atoms with Crippen LogP contribution in [0.4, 0.5) is 0 Å². The van der Waals surface area contributed by atoms with Crippen molar-refractivity contribution in [1.82, 2.24) is 0 Å². The molecule has 0 aromatic carbocycles. The molecule has 1 aliphatic heterocycles. The third-order valence-corrected chi connectivity index (χ3v) is 4.11. The zero-order valence-corrected chi connectivity index (χ0v) is 10.5. The highest BCUT2D eigenvalue weighted by molar-refractivity contribution is 8.40. The van der Waals surface area contributed by atoms with Crippen molar-refractivity contribution in [2.24, 2.45) is 4.99 Å². The lowest BCUT2D eigenvalue weighted by molar-refractivity contribution is 0.675. The highest BCUT2D eigenvalue weighted by Gasteiger charge is 2.04. The molecule has 0 aromatic heterocycles. The van der Waals surface area contributed by atoms with E-state index in [1.807, 2.05) is 11.8 Å². The van der Waals surface area contributed by atoms with E-state index in [4.69, 9.17) is 0 Å². The largest absolute Gasteiger partial charge is 0.271 e. The van der Waals surface area contributed by atoms with Crippen molar-refractivity contribution in [3.05, 3.63) is 11.5 Å². The van der Waals surface area contributed by atoms with Crippen molar-refractivity contribution in [3.63, 3.8) is 0 Å². The molecule has 0 saturated heterocycles. The first-order valence-electron chi connectivity index (χ1n) is 5.42. The molecule has 3 heteroatoms. The maximum atomic E-state index is 4.37. The highest BCUT2D eigenvalue weighted by atomic mass is 32.2. The maximum Gasteiger partial charge on any atom is 0.128 e. The van der Waals surface area contributed by atoms with E-state index in [9.17, 15) is 0 Å². The lowest BCUT2D eigenvalue weighted by Gasteiger charge is -1.94. The number of allylic oxidation sites excluding steroid dienone is 1. The van der Waals surface area contributed by atoms with Crippen LogP contribution >= 0.6 is 23.5 Å². The van der Waals surface area contributed by atoms with Crippen LogP contribution in [0.2, 0.25) is 0 Å². The number of thioether (sulfide) groups is 2. The molecule has 0 amide bonds. The first-order chi connectivity index (χ1) is 6.93. The van der Waals surface area contributed by atoms with E-state index in [-0.39, 0.29) is 0 Å². The fraction of sp³-hybridized carbons (Fsp3) is 0.727. The third kappa shape index (κ3) is 5.76. The second-order valence-electron chi connectivity index (χ2n) is 3.34. The predicted octanol–water partition coefficient (Wildman–Crippen LogP) is 4.31. The van der Waals surface area contributed by atoms with Crippen molar-refractivity contribution < 1.29 is 0 Å². The summed E-state index contributed by atoms with van der Waals surface area (Å²) in [7, 11) is 0. The van der Waals surface area contributed by atoms with Gasteiger partial charge in [0.05, 0.1) is 6.54 Å².